The summed E-state index contributed by atoms with van der Waals surface area (Å²) in [5, 5.41) is 3.62. The van der Waals surface area contributed by atoms with E-state index in [2.05, 4.69) is 21.9 Å². The van der Waals surface area contributed by atoms with Gasteiger partial charge in [0.15, 0.2) is 11.4 Å². The molecule has 0 fully saturated rings. The van der Waals surface area contributed by atoms with E-state index in [1.54, 1.807) is 6.08 Å². The second-order valence-electron chi connectivity index (χ2n) is 2.45. The number of hydrogen-bond acceptors (Lipinski definition) is 5. The van der Waals surface area contributed by atoms with Gasteiger partial charge in [0, 0.05) is 12.7 Å². The molecule has 0 aliphatic carbocycles. The van der Waals surface area contributed by atoms with Gasteiger partial charge in [-0.05, 0) is 6.26 Å². The summed E-state index contributed by atoms with van der Waals surface area (Å²) in [5.41, 5.74) is 0.463. The summed E-state index contributed by atoms with van der Waals surface area (Å²) in [4.78, 5) is 18.8. The maximum atomic E-state index is 10.6. The average molecular weight is 209 g/mol. The molecule has 0 aromatic carbocycles. The number of nitrogens with one attached hydrogen (secondary N) is 1. The summed E-state index contributed by atoms with van der Waals surface area (Å²) in [6.45, 7) is 4.15. The molecule has 1 heterocycles. The van der Waals surface area contributed by atoms with Crippen molar-refractivity contribution in [2.24, 2.45) is 0 Å². The highest BCUT2D eigenvalue weighted by Gasteiger charge is 2.04. The average Bonchev–Trinajstić information content (AvgIpc) is 2.25. The number of anilines is 1. The van der Waals surface area contributed by atoms with Crippen LogP contribution in [0.1, 0.15) is 10.4 Å². The molecule has 0 aliphatic heterocycles. The minimum absolute atomic E-state index is 0.463. The van der Waals surface area contributed by atoms with Gasteiger partial charge in [0.2, 0.25) is 0 Å². The van der Waals surface area contributed by atoms with E-state index in [-0.39, 0.29) is 0 Å². The van der Waals surface area contributed by atoms with Crippen LogP contribution in [0.2, 0.25) is 0 Å². The first-order valence-corrected chi connectivity index (χ1v) is 5.25. The van der Waals surface area contributed by atoms with Gasteiger partial charge in [-0.3, -0.25) is 4.79 Å². The van der Waals surface area contributed by atoms with Crippen molar-refractivity contribution in [2.75, 3.05) is 18.1 Å². The van der Waals surface area contributed by atoms with Crippen molar-refractivity contribution in [2.45, 2.75) is 5.16 Å². The third-order valence-electron chi connectivity index (χ3n) is 1.52. The first-order chi connectivity index (χ1) is 6.81. The number of aldehydes is 1. The first-order valence-electron chi connectivity index (χ1n) is 4.02. The van der Waals surface area contributed by atoms with E-state index >= 15 is 0 Å². The van der Waals surface area contributed by atoms with Crippen LogP contribution in [0.4, 0.5) is 5.82 Å². The molecule has 0 atom stereocenters. The van der Waals surface area contributed by atoms with Crippen LogP contribution >= 0.6 is 11.8 Å². The molecular weight excluding hydrogens is 198 g/mol. The fraction of sp³-hybridized carbons (Fsp3) is 0.222. The van der Waals surface area contributed by atoms with Crippen molar-refractivity contribution in [3.05, 3.63) is 24.4 Å². The molecule has 0 saturated carbocycles. The summed E-state index contributed by atoms with van der Waals surface area (Å²) in [6, 6.07) is 0. The molecule has 1 rings (SSSR count). The lowest BCUT2D eigenvalue weighted by Crippen LogP contribution is -2.05. The molecule has 14 heavy (non-hydrogen) atoms. The third kappa shape index (κ3) is 2.56. The number of rotatable bonds is 5. The molecule has 0 bridgehead atoms. The Morgan fingerprint density at radius 1 is 1.71 bits per heavy atom. The predicted molar refractivity (Wildman–Crippen MR) is 57.9 cm³/mol. The van der Waals surface area contributed by atoms with Crippen molar-refractivity contribution in [3.63, 3.8) is 0 Å². The highest BCUT2D eigenvalue weighted by molar-refractivity contribution is 7.98. The number of aromatic nitrogens is 2. The van der Waals surface area contributed by atoms with Crippen LogP contribution in [-0.4, -0.2) is 29.1 Å². The Hall–Kier alpha value is -1.36. The normalized spacial score (nSPS) is 9.50. The summed E-state index contributed by atoms with van der Waals surface area (Å²) < 4.78 is 0. The molecule has 0 saturated heterocycles. The molecule has 1 aromatic heterocycles. The van der Waals surface area contributed by atoms with Crippen LogP contribution in [0.25, 0.3) is 0 Å². The fourth-order valence-corrected chi connectivity index (χ4v) is 1.21. The van der Waals surface area contributed by atoms with E-state index in [0.717, 1.165) is 6.29 Å². The maximum Gasteiger partial charge on any atom is 0.189 e. The van der Waals surface area contributed by atoms with E-state index in [4.69, 9.17) is 0 Å². The Morgan fingerprint density at radius 2 is 2.50 bits per heavy atom. The second kappa shape index (κ2) is 5.39. The molecule has 0 radical (unpaired) electrons. The van der Waals surface area contributed by atoms with Gasteiger partial charge in [0.25, 0.3) is 0 Å². The SMILES string of the molecule is C=CCNc1nc(SC)ncc1C=O. The van der Waals surface area contributed by atoms with E-state index in [0.29, 0.717) is 23.1 Å². The molecule has 4 nitrogen and oxygen atoms in total. The van der Waals surface area contributed by atoms with Crippen LogP contribution in [0, 0.1) is 0 Å². The monoisotopic (exact) mass is 209 g/mol. The van der Waals surface area contributed by atoms with Gasteiger partial charge in [-0.25, -0.2) is 9.97 Å². The van der Waals surface area contributed by atoms with Gasteiger partial charge < -0.3 is 5.32 Å². The van der Waals surface area contributed by atoms with Crippen LogP contribution in [0.3, 0.4) is 0 Å². The summed E-state index contributed by atoms with van der Waals surface area (Å²) in [6.07, 6.45) is 5.83. The second-order valence-corrected chi connectivity index (χ2v) is 3.22. The lowest BCUT2D eigenvalue weighted by atomic mass is 10.3. The van der Waals surface area contributed by atoms with Gasteiger partial charge in [-0.1, -0.05) is 17.8 Å². The molecule has 1 N–H and O–H groups in total. The molecule has 0 spiro atoms. The van der Waals surface area contributed by atoms with Crippen LogP contribution < -0.4 is 5.32 Å². The van der Waals surface area contributed by atoms with E-state index in [1.807, 2.05) is 6.26 Å². The number of nitrogens with zero attached hydrogens (tertiary/aromatic N) is 2. The minimum atomic E-state index is 0.463. The Labute approximate surface area is 86.8 Å². The highest BCUT2D eigenvalue weighted by atomic mass is 32.2. The summed E-state index contributed by atoms with van der Waals surface area (Å²) in [5.74, 6) is 0.555. The Balaban J connectivity index is 2.95. The molecule has 74 valence electrons. The van der Waals surface area contributed by atoms with Gasteiger partial charge in [0.1, 0.15) is 5.82 Å². The standard InChI is InChI=1S/C9H11N3OS/c1-3-4-10-8-7(6-13)5-11-9(12-8)14-2/h3,5-6H,1,4H2,2H3,(H,10,11,12). The van der Waals surface area contributed by atoms with E-state index < -0.39 is 0 Å². The number of hydrogen-bond donors (Lipinski definition) is 1. The Kier molecular flexibility index (Phi) is 4.12. The first kappa shape index (κ1) is 10.7. The topological polar surface area (TPSA) is 54.9 Å². The van der Waals surface area contributed by atoms with Crippen LogP contribution in [-0.2, 0) is 0 Å². The fourth-order valence-electron chi connectivity index (χ4n) is 0.870. The van der Waals surface area contributed by atoms with Crippen LogP contribution in [0.5, 0.6) is 0 Å². The minimum Gasteiger partial charge on any atom is -0.366 e. The van der Waals surface area contributed by atoms with E-state index in [1.165, 1.54) is 18.0 Å². The van der Waals surface area contributed by atoms with Gasteiger partial charge in [0.05, 0.1) is 5.56 Å². The van der Waals surface area contributed by atoms with Gasteiger partial charge in [-0.2, -0.15) is 0 Å². The zero-order valence-corrected chi connectivity index (χ0v) is 8.67. The molecule has 0 unspecified atom stereocenters. The largest absolute Gasteiger partial charge is 0.366 e. The quantitative estimate of drug-likeness (QED) is 0.345. The smallest absolute Gasteiger partial charge is 0.189 e. The van der Waals surface area contributed by atoms with Gasteiger partial charge >= 0.3 is 0 Å². The Bertz CT molecular complexity index is 341. The molecule has 5 heteroatoms. The van der Waals surface area contributed by atoms with Gasteiger partial charge in [-0.15, -0.1) is 6.58 Å². The number of thioether (sulfide) groups is 1. The highest BCUT2D eigenvalue weighted by Crippen LogP contribution is 2.14. The van der Waals surface area contributed by atoms with E-state index in [9.17, 15) is 4.79 Å². The number of carbonyl (C=O) groups is 1. The zero-order chi connectivity index (χ0) is 10.4. The molecular formula is C9H11N3OS. The van der Waals surface area contributed by atoms with Crippen molar-refractivity contribution < 1.29 is 4.79 Å². The van der Waals surface area contributed by atoms with Crippen molar-refractivity contribution >= 4 is 23.9 Å². The molecule has 1 aromatic rings. The zero-order valence-electron chi connectivity index (χ0n) is 7.86. The van der Waals surface area contributed by atoms with Crippen molar-refractivity contribution in [3.8, 4) is 0 Å². The molecule has 0 aliphatic rings. The maximum absolute atomic E-state index is 10.6. The van der Waals surface area contributed by atoms with Crippen molar-refractivity contribution in [1.82, 2.24) is 9.97 Å². The third-order valence-corrected chi connectivity index (χ3v) is 2.08. The molecule has 0 amide bonds. The van der Waals surface area contributed by atoms with Crippen molar-refractivity contribution in [1.29, 1.82) is 0 Å². The lowest BCUT2D eigenvalue weighted by molar-refractivity contribution is 0.112. The predicted octanol–water partition coefficient (Wildman–Crippen LogP) is 1.61. The summed E-state index contributed by atoms with van der Waals surface area (Å²) in [7, 11) is 0. The number of carbonyl (C=O) groups excluding carboxylic acids is 1. The summed E-state index contributed by atoms with van der Waals surface area (Å²) >= 11 is 1.43. The lowest BCUT2D eigenvalue weighted by Gasteiger charge is -2.05. The van der Waals surface area contributed by atoms with Crippen LogP contribution in [0.15, 0.2) is 24.0 Å². The Morgan fingerprint density at radius 3 is 3.07 bits per heavy atom.